The lowest BCUT2D eigenvalue weighted by Crippen LogP contribution is -2.27. The van der Waals surface area contributed by atoms with Crippen LogP contribution in [0.25, 0.3) is 21.3 Å². The molecule has 1 aromatic carbocycles. The third kappa shape index (κ3) is 3.59. The number of thiophene rings is 1. The highest BCUT2D eigenvalue weighted by atomic mass is 32.1. The van der Waals surface area contributed by atoms with Crippen LogP contribution in [0.4, 0.5) is 0 Å². The van der Waals surface area contributed by atoms with Crippen molar-refractivity contribution in [1.29, 1.82) is 0 Å². The molecule has 4 heterocycles. The van der Waals surface area contributed by atoms with Gasteiger partial charge in [0.15, 0.2) is 5.78 Å². The molecule has 0 saturated carbocycles. The van der Waals surface area contributed by atoms with Crippen LogP contribution >= 0.6 is 11.3 Å². The van der Waals surface area contributed by atoms with E-state index >= 15 is 0 Å². The average molecular weight is 433 g/mol. The summed E-state index contributed by atoms with van der Waals surface area (Å²) in [5, 5.41) is 2.44. The maximum atomic E-state index is 13.1. The summed E-state index contributed by atoms with van der Waals surface area (Å²) >= 11 is 1.41. The van der Waals surface area contributed by atoms with Crippen LogP contribution in [0.15, 0.2) is 59.1 Å². The van der Waals surface area contributed by atoms with Crippen LogP contribution in [0.5, 0.6) is 0 Å². The van der Waals surface area contributed by atoms with Gasteiger partial charge in [-0.15, -0.1) is 11.3 Å². The summed E-state index contributed by atoms with van der Waals surface area (Å²) in [4.78, 5) is 48.2. The first-order valence-electron chi connectivity index (χ1n) is 10.1. The van der Waals surface area contributed by atoms with E-state index in [0.717, 1.165) is 37.1 Å². The Balaban J connectivity index is 1.42. The molecule has 3 aromatic heterocycles. The third-order valence-electron chi connectivity index (χ3n) is 5.59. The Labute approximate surface area is 182 Å². The molecule has 0 bridgehead atoms. The first-order chi connectivity index (χ1) is 15.1. The molecule has 0 atom stereocenters. The molecule has 31 heavy (non-hydrogen) atoms. The van der Waals surface area contributed by atoms with E-state index in [1.165, 1.54) is 28.4 Å². The topological polar surface area (TPSA) is 88.1 Å². The van der Waals surface area contributed by atoms with Crippen molar-refractivity contribution in [2.24, 2.45) is 0 Å². The lowest BCUT2D eigenvalue weighted by Gasteiger charge is -2.13. The SMILES string of the molecule is O=C(Cn1cnc2scc(-c3ccccc3)c2c1=O)c1c[nH]c(C(=O)N2CCCC2)c1. The standard InChI is InChI=1S/C23H20N4O3S/c28-19(16-10-18(24-11-16)22(29)26-8-4-5-9-26)12-27-14-25-21-20(23(27)30)17(13-31-21)15-6-2-1-3-7-15/h1-3,6-7,10-11,13-14,24H,4-5,8-9,12H2. The summed E-state index contributed by atoms with van der Waals surface area (Å²) < 4.78 is 1.33. The van der Waals surface area contributed by atoms with Crippen molar-refractivity contribution in [1.82, 2.24) is 19.4 Å². The average Bonchev–Trinajstić information content (AvgIpc) is 3.56. The highest BCUT2D eigenvalue weighted by Crippen LogP contribution is 2.30. The van der Waals surface area contributed by atoms with E-state index in [1.54, 1.807) is 11.0 Å². The van der Waals surface area contributed by atoms with Gasteiger partial charge in [0, 0.05) is 35.8 Å². The smallest absolute Gasteiger partial charge is 0.270 e. The molecule has 8 heteroatoms. The van der Waals surface area contributed by atoms with Crippen molar-refractivity contribution < 1.29 is 9.59 Å². The number of hydrogen-bond donors (Lipinski definition) is 1. The first-order valence-corrected chi connectivity index (χ1v) is 11.0. The Kier molecular flexibility index (Phi) is 4.99. The zero-order chi connectivity index (χ0) is 21.4. The van der Waals surface area contributed by atoms with E-state index in [4.69, 9.17) is 0 Å². The van der Waals surface area contributed by atoms with Gasteiger partial charge in [-0.2, -0.15) is 0 Å². The minimum absolute atomic E-state index is 0.0948. The summed E-state index contributed by atoms with van der Waals surface area (Å²) in [5.74, 6) is -0.348. The van der Waals surface area contributed by atoms with E-state index in [-0.39, 0.29) is 23.8 Å². The molecule has 1 fully saturated rings. The molecular weight excluding hydrogens is 412 g/mol. The Morgan fingerprint density at radius 2 is 1.90 bits per heavy atom. The van der Waals surface area contributed by atoms with Crippen LogP contribution in [0, 0.1) is 0 Å². The number of carbonyl (C=O) groups is 2. The highest BCUT2D eigenvalue weighted by Gasteiger charge is 2.22. The molecule has 1 aliphatic rings. The highest BCUT2D eigenvalue weighted by molar-refractivity contribution is 7.17. The quantitative estimate of drug-likeness (QED) is 0.489. The van der Waals surface area contributed by atoms with E-state index in [0.29, 0.717) is 21.5 Å². The van der Waals surface area contributed by atoms with E-state index in [2.05, 4.69) is 9.97 Å². The molecule has 4 aromatic rings. The third-order valence-corrected chi connectivity index (χ3v) is 6.47. The molecule has 0 aliphatic carbocycles. The lowest BCUT2D eigenvalue weighted by molar-refractivity contribution is 0.0787. The summed E-state index contributed by atoms with van der Waals surface area (Å²) in [5.41, 5.74) is 2.29. The monoisotopic (exact) mass is 432 g/mol. The van der Waals surface area contributed by atoms with Crippen molar-refractivity contribution in [3.63, 3.8) is 0 Å². The summed E-state index contributed by atoms with van der Waals surface area (Å²) in [6.45, 7) is 1.35. The number of Topliss-reactive ketones (excluding diaryl/α,β-unsaturated/α-hetero) is 1. The molecule has 156 valence electrons. The molecule has 1 aliphatic heterocycles. The van der Waals surface area contributed by atoms with Gasteiger partial charge in [-0.25, -0.2) is 4.98 Å². The van der Waals surface area contributed by atoms with Gasteiger partial charge >= 0.3 is 0 Å². The largest absolute Gasteiger partial charge is 0.356 e. The molecule has 1 N–H and O–H groups in total. The number of likely N-dealkylation sites (tertiary alicyclic amines) is 1. The van der Waals surface area contributed by atoms with Crippen LogP contribution in [-0.2, 0) is 6.54 Å². The van der Waals surface area contributed by atoms with Crippen molar-refractivity contribution in [3.8, 4) is 11.1 Å². The number of nitrogens with zero attached hydrogens (tertiary/aromatic N) is 3. The predicted molar refractivity (Wildman–Crippen MR) is 120 cm³/mol. The number of fused-ring (bicyclic) bond motifs is 1. The normalized spacial score (nSPS) is 13.7. The fourth-order valence-corrected chi connectivity index (χ4v) is 4.83. The molecule has 0 unspecified atom stereocenters. The summed E-state index contributed by atoms with van der Waals surface area (Å²) in [7, 11) is 0. The van der Waals surface area contributed by atoms with Crippen molar-refractivity contribution >= 4 is 33.2 Å². The van der Waals surface area contributed by atoms with Gasteiger partial charge in [0.25, 0.3) is 11.5 Å². The lowest BCUT2D eigenvalue weighted by atomic mass is 10.1. The van der Waals surface area contributed by atoms with E-state index in [1.807, 2.05) is 35.7 Å². The van der Waals surface area contributed by atoms with E-state index < -0.39 is 0 Å². The number of rotatable bonds is 5. The fraction of sp³-hybridized carbons (Fsp3) is 0.217. The second kappa shape index (κ2) is 7.96. The Morgan fingerprint density at radius 3 is 2.68 bits per heavy atom. The number of nitrogens with one attached hydrogen (secondary N) is 1. The second-order valence-electron chi connectivity index (χ2n) is 7.60. The predicted octanol–water partition coefficient (Wildman–Crippen LogP) is 3.57. The van der Waals surface area contributed by atoms with Gasteiger partial charge in [0.05, 0.1) is 18.3 Å². The number of ketones is 1. The molecule has 1 saturated heterocycles. The van der Waals surface area contributed by atoms with Gasteiger partial charge in [-0.05, 0) is 24.5 Å². The van der Waals surface area contributed by atoms with Gasteiger partial charge in [-0.1, -0.05) is 30.3 Å². The minimum atomic E-state index is -0.253. The Bertz CT molecular complexity index is 1330. The van der Waals surface area contributed by atoms with Gasteiger partial charge in [-0.3, -0.25) is 19.0 Å². The maximum Gasteiger partial charge on any atom is 0.270 e. The minimum Gasteiger partial charge on any atom is -0.356 e. The summed E-state index contributed by atoms with van der Waals surface area (Å²) in [6, 6.07) is 11.2. The van der Waals surface area contributed by atoms with Gasteiger partial charge < -0.3 is 9.88 Å². The number of carbonyl (C=O) groups excluding carboxylic acids is 2. The molecule has 5 rings (SSSR count). The molecular formula is C23H20N4O3S. The number of H-pyrrole nitrogens is 1. The van der Waals surface area contributed by atoms with Crippen molar-refractivity contribution in [3.05, 3.63) is 75.9 Å². The van der Waals surface area contributed by atoms with Crippen molar-refractivity contribution in [2.45, 2.75) is 19.4 Å². The van der Waals surface area contributed by atoms with Crippen LogP contribution in [0.2, 0.25) is 0 Å². The molecule has 7 nitrogen and oxygen atoms in total. The van der Waals surface area contributed by atoms with Gasteiger partial charge in [0.1, 0.15) is 10.5 Å². The number of benzene rings is 1. The number of amides is 1. The van der Waals surface area contributed by atoms with E-state index in [9.17, 15) is 14.4 Å². The number of aromatic amines is 1. The van der Waals surface area contributed by atoms with Gasteiger partial charge in [0.2, 0.25) is 0 Å². The van der Waals surface area contributed by atoms with Crippen LogP contribution in [-0.4, -0.2) is 44.2 Å². The van der Waals surface area contributed by atoms with Crippen molar-refractivity contribution in [2.75, 3.05) is 13.1 Å². The Morgan fingerprint density at radius 1 is 1.13 bits per heavy atom. The van der Waals surface area contributed by atoms with Crippen LogP contribution in [0.1, 0.15) is 33.7 Å². The molecule has 0 spiro atoms. The molecule has 1 amide bonds. The first kappa shape index (κ1) is 19.4. The second-order valence-corrected chi connectivity index (χ2v) is 8.46. The summed E-state index contributed by atoms with van der Waals surface area (Å²) in [6.07, 6.45) is 4.95. The zero-order valence-corrected chi connectivity index (χ0v) is 17.5. The Hall–Kier alpha value is -3.52. The fourth-order valence-electron chi connectivity index (χ4n) is 3.93. The number of hydrogen-bond acceptors (Lipinski definition) is 5. The number of aromatic nitrogens is 3. The molecule has 0 radical (unpaired) electrons. The zero-order valence-electron chi connectivity index (χ0n) is 16.7. The van der Waals surface area contributed by atoms with Crippen LogP contribution in [0.3, 0.4) is 0 Å². The maximum absolute atomic E-state index is 13.1. The van der Waals surface area contributed by atoms with Crippen LogP contribution < -0.4 is 5.56 Å².